The van der Waals surface area contributed by atoms with Crippen molar-refractivity contribution in [1.82, 2.24) is 5.32 Å². The summed E-state index contributed by atoms with van der Waals surface area (Å²) in [5.41, 5.74) is 3.69. The average Bonchev–Trinajstić information content (AvgIpc) is 2.58. The number of hydrogen-bond donors (Lipinski definition) is 2. The topological polar surface area (TPSA) is 45.7 Å². The van der Waals surface area contributed by atoms with Gasteiger partial charge in [0.25, 0.3) is 0 Å². The van der Waals surface area contributed by atoms with Crippen molar-refractivity contribution in [1.29, 1.82) is 0 Å². The molecule has 1 aliphatic rings. The van der Waals surface area contributed by atoms with E-state index in [1.54, 1.807) is 0 Å². The number of benzene rings is 2. The van der Waals surface area contributed by atoms with Gasteiger partial charge in [0, 0.05) is 17.6 Å². The van der Waals surface area contributed by atoms with Crippen LogP contribution < -0.4 is 10.6 Å². The number of aryl methyl sites for hydroxylation is 1. The third-order valence-corrected chi connectivity index (χ3v) is 4.16. The summed E-state index contributed by atoms with van der Waals surface area (Å²) < 4.78 is 5.33. The van der Waals surface area contributed by atoms with Gasteiger partial charge in [0.15, 0.2) is 5.96 Å². The number of hydrogen-bond acceptors (Lipinski definition) is 2. The molecule has 0 spiro atoms. The third-order valence-electron chi connectivity index (χ3n) is 4.16. The lowest BCUT2D eigenvalue weighted by Gasteiger charge is -2.38. The Morgan fingerprint density at radius 3 is 2.42 bits per heavy atom. The summed E-state index contributed by atoms with van der Waals surface area (Å²) in [6, 6.07) is 18.6. The number of aliphatic imine (C=N–C) groups is 1. The maximum Gasteiger partial charge on any atom is 0.196 e. The van der Waals surface area contributed by atoms with Crippen LogP contribution in [-0.4, -0.2) is 25.7 Å². The Kier molecular flexibility index (Phi) is 5.16. The maximum absolute atomic E-state index is 5.33. The first kappa shape index (κ1) is 16.5. The number of nitrogens with one attached hydrogen (secondary N) is 2. The number of rotatable bonds is 5. The third kappa shape index (κ3) is 4.59. The average molecular weight is 323 g/mol. The summed E-state index contributed by atoms with van der Waals surface area (Å²) in [5.74, 6) is 0.801. The smallest absolute Gasteiger partial charge is 0.196 e. The van der Waals surface area contributed by atoms with Gasteiger partial charge in [-0.25, -0.2) is 4.99 Å². The molecule has 1 saturated heterocycles. The van der Waals surface area contributed by atoms with Crippen molar-refractivity contribution in [2.75, 3.05) is 25.1 Å². The molecule has 1 aliphatic heterocycles. The Hall–Kier alpha value is -2.33. The van der Waals surface area contributed by atoms with E-state index in [9.17, 15) is 0 Å². The van der Waals surface area contributed by atoms with E-state index in [1.165, 1.54) is 11.1 Å². The highest BCUT2D eigenvalue weighted by atomic mass is 16.5. The number of anilines is 1. The Morgan fingerprint density at radius 1 is 1.08 bits per heavy atom. The summed E-state index contributed by atoms with van der Waals surface area (Å²) in [6.45, 7) is 7.42. The molecule has 4 nitrogen and oxygen atoms in total. The lowest BCUT2D eigenvalue weighted by Crippen LogP contribution is -2.49. The zero-order valence-electron chi connectivity index (χ0n) is 14.4. The minimum absolute atomic E-state index is 0.197. The van der Waals surface area contributed by atoms with Crippen LogP contribution in [0, 0.1) is 12.3 Å². The summed E-state index contributed by atoms with van der Waals surface area (Å²) in [4.78, 5) is 4.73. The lowest BCUT2D eigenvalue weighted by atomic mass is 9.89. The van der Waals surface area contributed by atoms with Gasteiger partial charge in [-0.2, -0.15) is 0 Å². The fourth-order valence-corrected chi connectivity index (χ4v) is 2.51. The van der Waals surface area contributed by atoms with Crippen molar-refractivity contribution in [2.24, 2.45) is 10.4 Å². The molecule has 126 valence electrons. The Bertz CT molecular complexity index is 676. The normalized spacial score (nSPS) is 16.3. The first-order valence-corrected chi connectivity index (χ1v) is 8.37. The van der Waals surface area contributed by atoms with Crippen molar-refractivity contribution in [3.05, 3.63) is 65.7 Å². The van der Waals surface area contributed by atoms with Crippen molar-refractivity contribution < 1.29 is 4.74 Å². The van der Waals surface area contributed by atoms with Gasteiger partial charge in [0.05, 0.1) is 19.8 Å². The van der Waals surface area contributed by atoms with Crippen molar-refractivity contribution in [3.8, 4) is 0 Å². The zero-order chi connectivity index (χ0) is 16.8. The van der Waals surface area contributed by atoms with Crippen molar-refractivity contribution in [3.63, 3.8) is 0 Å². The van der Waals surface area contributed by atoms with Crippen LogP contribution >= 0.6 is 0 Å². The van der Waals surface area contributed by atoms with E-state index in [-0.39, 0.29) is 5.41 Å². The summed E-state index contributed by atoms with van der Waals surface area (Å²) in [6.07, 6.45) is 0. The van der Waals surface area contributed by atoms with Crippen LogP contribution in [0.5, 0.6) is 0 Å². The van der Waals surface area contributed by atoms with Gasteiger partial charge in [0.1, 0.15) is 0 Å². The molecule has 0 aliphatic carbocycles. The van der Waals surface area contributed by atoms with Gasteiger partial charge < -0.3 is 15.4 Å². The Balaban J connectivity index is 1.67. The molecule has 0 unspecified atom stereocenters. The molecule has 0 bridgehead atoms. The first-order valence-electron chi connectivity index (χ1n) is 8.37. The van der Waals surface area contributed by atoms with E-state index >= 15 is 0 Å². The molecule has 1 fully saturated rings. The molecule has 0 saturated carbocycles. The molecular formula is C20H25N3O. The van der Waals surface area contributed by atoms with Gasteiger partial charge in [-0.1, -0.05) is 55.0 Å². The van der Waals surface area contributed by atoms with E-state index in [2.05, 4.69) is 48.7 Å². The van der Waals surface area contributed by atoms with E-state index in [1.807, 2.05) is 30.3 Å². The molecule has 2 aromatic carbocycles. The highest BCUT2D eigenvalue weighted by Gasteiger charge is 2.33. The van der Waals surface area contributed by atoms with Gasteiger partial charge in [0.2, 0.25) is 0 Å². The summed E-state index contributed by atoms with van der Waals surface area (Å²) in [5, 5.41) is 6.83. The monoisotopic (exact) mass is 323 g/mol. The molecule has 2 N–H and O–H groups in total. The minimum atomic E-state index is 0.197. The highest BCUT2D eigenvalue weighted by molar-refractivity contribution is 5.93. The number of guanidine groups is 1. The van der Waals surface area contributed by atoms with Crippen LogP contribution in [0.15, 0.2) is 59.6 Å². The molecule has 0 aromatic heterocycles. The summed E-state index contributed by atoms with van der Waals surface area (Å²) in [7, 11) is 0. The van der Waals surface area contributed by atoms with Crippen LogP contribution in [0.3, 0.4) is 0 Å². The van der Waals surface area contributed by atoms with Crippen LogP contribution in [0.25, 0.3) is 0 Å². The number of para-hydroxylation sites is 1. The molecule has 1 heterocycles. The van der Waals surface area contributed by atoms with E-state index < -0.39 is 0 Å². The van der Waals surface area contributed by atoms with E-state index in [0.29, 0.717) is 6.54 Å². The molecule has 0 radical (unpaired) electrons. The molecule has 4 heteroatoms. The van der Waals surface area contributed by atoms with Crippen LogP contribution in [0.2, 0.25) is 0 Å². The van der Waals surface area contributed by atoms with Gasteiger partial charge in [-0.15, -0.1) is 0 Å². The number of ether oxygens (including phenoxy) is 1. The minimum Gasteiger partial charge on any atom is -0.380 e. The lowest BCUT2D eigenvalue weighted by molar-refractivity contribution is -0.0970. The standard InChI is InChI=1S/C20H25N3O/c1-16-8-10-17(11-9-16)12-21-19(22-13-20(2)14-24-15-20)23-18-6-4-3-5-7-18/h3-11H,12-15H2,1-2H3,(H2,21,22,23). The quantitative estimate of drug-likeness (QED) is 0.653. The second kappa shape index (κ2) is 7.49. The molecule has 0 atom stereocenters. The predicted octanol–water partition coefficient (Wildman–Crippen LogP) is 3.59. The van der Waals surface area contributed by atoms with E-state index in [4.69, 9.17) is 9.73 Å². The highest BCUT2D eigenvalue weighted by Crippen LogP contribution is 2.25. The SMILES string of the molecule is Cc1ccc(CN=C(NCC2(C)COC2)Nc2ccccc2)cc1. The molecule has 2 aromatic rings. The predicted molar refractivity (Wildman–Crippen MR) is 99.3 cm³/mol. The fourth-order valence-electron chi connectivity index (χ4n) is 2.51. The largest absolute Gasteiger partial charge is 0.380 e. The van der Waals surface area contributed by atoms with Crippen molar-refractivity contribution in [2.45, 2.75) is 20.4 Å². The second-order valence-electron chi connectivity index (χ2n) is 6.80. The van der Waals surface area contributed by atoms with Crippen LogP contribution in [0.4, 0.5) is 5.69 Å². The molecular weight excluding hydrogens is 298 g/mol. The molecule has 0 amide bonds. The Labute approximate surface area is 144 Å². The molecule has 3 rings (SSSR count). The number of nitrogens with zero attached hydrogens (tertiary/aromatic N) is 1. The zero-order valence-corrected chi connectivity index (χ0v) is 14.4. The summed E-state index contributed by atoms with van der Waals surface area (Å²) >= 11 is 0. The van der Waals surface area contributed by atoms with Crippen LogP contribution in [0.1, 0.15) is 18.1 Å². The first-order chi connectivity index (χ1) is 11.6. The van der Waals surface area contributed by atoms with Gasteiger partial charge in [-0.05, 0) is 24.6 Å². The van der Waals surface area contributed by atoms with Gasteiger partial charge in [-0.3, -0.25) is 0 Å². The maximum atomic E-state index is 5.33. The van der Waals surface area contributed by atoms with Gasteiger partial charge >= 0.3 is 0 Å². The van der Waals surface area contributed by atoms with Crippen LogP contribution in [-0.2, 0) is 11.3 Å². The fraction of sp³-hybridized carbons (Fsp3) is 0.350. The molecule has 24 heavy (non-hydrogen) atoms. The van der Waals surface area contributed by atoms with E-state index in [0.717, 1.165) is 31.4 Å². The Morgan fingerprint density at radius 2 is 1.79 bits per heavy atom. The van der Waals surface area contributed by atoms with Crippen molar-refractivity contribution >= 4 is 11.6 Å². The second-order valence-corrected chi connectivity index (χ2v) is 6.80.